The van der Waals surface area contributed by atoms with Crippen molar-refractivity contribution in [2.75, 3.05) is 31.1 Å². The van der Waals surface area contributed by atoms with Crippen molar-refractivity contribution in [3.63, 3.8) is 0 Å². The summed E-state index contributed by atoms with van der Waals surface area (Å²) >= 11 is 1.70. The molecule has 0 aliphatic carbocycles. The van der Waals surface area contributed by atoms with E-state index in [-0.39, 0.29) is 6.42 Å². The minimum absolute atomic E-state index is 0.0472. The molecule has 0 bridgehead atoms. The van der Waals surface area contributed by atoms with Crippen LogP contribution in [-0.2, 0) is 16.1 Å². The largest absolute Gasteiger partial charge is 0.490 e. The second-order valence-corrected chi connectivity index (χ2v) is 9.52. The Hall–Kier alpha value is -3.01. The Bertz CT molecular complexity index is 1030. The number of anilines is 1. The summed E-state index contributed by atoms with van der Waals surface area (Å²) in [6.45, 7) is 2.74. The lowest BCUT2D eigenvalue weighted by Gasteiger charge is -2.45. The maximum atomic E-state index is 14.8. The molecule has 212 valence electrons. The van der Waals surface area contributed by atoms with E-state index in [1.807, 2.05) is 34.5 Å². The van der Waals surface area contributed by atoms with Crippen LogP contribution in [0.4, 0.5) is 40.9 Å². The number of carboxylic acid groups (broad SMARTS) is 2. The molecule has 2 N–H and O–H groups in total. The summed E-state index contributed by atoms with van der Waals surface area (Å²) in [4.78, 5) is 27.6. The Morgan fingerprint density at radius 2 is 1.53 bits per heavy atom. The van der Waals surface area contributed by atoms with Crippen molar-refractivity contribution in [2.45, 2.75) is 37.7 Å². The van der Waals surface area contributed by atoms with Crippen molar-refractivity contribution in [1.82, 2.24) is 9.88 Å². The quantitative estimate of drug-likeness (QED) is 0.488. The van der Waals surface area contributed by atoms with E-state index < -0.39 is 35.6 Å². The number of halogens is 8. The summed E-state index contributed by atoms with van der Waals surface area (Å²) < 4.78 is 93.1. The van der Waals surface area contributed by atoms with Crippen molar-refractivity contribution in [1.29, 1.82) is 0 Å². The Morgan fingerprint density at radius 3 is 2.00 bits per heavy atom. The van der Waals surface area contributed by atoms with Gasteiger partial charge in [-0.05, 0) is 30.0 Å². The van der Waals surface area contributed by atoms with Gasteiger partial charge in [-0.15, -0.1) is 11.3 Å². The molecule has 2 fully saturated rings. The molecule has 2 aliphatic rings. The van der Waals surface area contributed by atoms with Crippen molar-refractivity contribution in [3.8, 4) is 0 Å². The smallest absolute Gasteiger partial charge is 0.475 e. The number of rotatable bonds is 3. The van der Waals surface area contributed by atoms with E-state index in [2.05, 4.69) is 16.0 Å². The van der Waals surface area contributed by atoms with Crippen LogP contribution in [0.25, 0.3) is 0 Å². The van der Waals surface area contributed by atoms with Crippen LogP contribution in [0.3, 0.4) is 0 Å². The molecule has 1 unspecified atom stereocenters. The van der Waals surface area contributed by atoms with E-state index >= 15 is 0 Å². The number of likely N-dealkylation sites (tertiary alicyclic amines) is 1. The van der Waals surface area contributed by atoms with E-state index in [1.165, 1.54) is 4.88 Å². The Labute approximate surface area is 215 Å². The van der Waals surface area contributed by atoms with Gasteiger partial charge in [-0.25, -0.2) is 23.4 Å². The van der Waals surface area contributed by atoms with Gasteiger partial charge in [-0.2, -0.15) is 26.3 Å². The van der Waals surface area contributed by atoms with E-state index in [0.29, 0.717) is 32.6 Å². The monoisotopic (exact) mass is 577 g/mol. The van der Waals surface area contributed by atoms with Crippen LogP contribution in [0.1, 0.15) is 17.7 Å². The average molecular weight is 577 g/mol. The molecule has 0 aromatic carbocycles. The predicted molar refractivity (Wildman–Crippen MR) is 120 cm³/mol. The number of carboxylic acids is 2. The lowest BCUT2D eigenvalue weighted by Crippen LogP contribution is -2.56. The SMILES string of the molecule is FC1(F)CCN(Cc2cccs2)CC12CCN(c1ccccn1)C2.O=C(O)C(F)(F)F.O=C(O)C(F)(F)F. The number of aromatic nitrogens is 1. The van der Waals surface area contributed by atoms with Gasteiger partial charge >= 0.3 is 24.3 Å². The molecule has 2 aromatic rings. The fourth-order valence-corrected chi connectivity index (χ4v) is 4.73. The zero-order valence-electron chi connectivity index (χ0n) is 19.5. The minimum Gasteiger partial charge on any atom is -0.475 e. The third kappa shape index (κ3) is 8.51. The molecular formula is C22H23F8N3O4S. The Morgan fingerprint density at radius 1 is 0.921 bits per heavy atom. The molecule has 0 radical (unpaired) electrons. The molecule has 7 nitrogen and oxygen atoms in total. The van der Waals surface area contributed by atoms with Gasteiger partial charge in [0.1, 0.15) is 5.82 Å². The van der Waals surface area contributed by atoms with E-state index in [1.54, 1.807) is 17.5 Å². The number of thiophene rings is 1. The molecule has 16 heteroatoms. The van der Waals surface area contributed by atoms with Crippen LogP contribution in [0.5, 0.6) is 0 Å². The maximum absolute atomic E-state index is 14.8. The van der Waals surface area contributed by atoms with Crippen molar-refractivity contribution < 1.29 is 54.9 Å². The summed E-state index contributed by atoms with van der Waals surface area (Å²) in [7, 11) is 0. The molecule has 38 heavy (non-hydrogen) atoms. The van der Waals surface area contributed by atoms with E-state index in [4.69, 9.17) is 19.8 Å². The average Bonchev–Trinajstić information content (AvgIpc) is 3.48. The second-order valence-electron chi connectivity index (χ2n) is 8.49. The van der Waals surface area contributed by atoms with Gasteiger partial charge < -0.3 is 15.1 Å². The highest BCUT2D eigenvalue weighted by molar-refractivity contribution is 7.09. The molecule has 2 aromatic heterocycles. The number of hydrogen-bond donors (Lipinski definition) is 2. The van der Waals surface area contributed by atoms with Gasteiger partial charge in [0.25, 0.3) is 5.92 Å². The summed E-state index contributed by atoms with van der Waals surface area (Å²) in [5.41, 5.74) is -0.958. The number of piperidine rings is 1. The fraction of sp³-hybridized carbons (Fsp3) is 0.500. The standard InChI is InChI=1S/C18H21F2N3S.2C2HF3O2/c19-18(20)7-9-22(12-15-4-3-11-24-15)13-17(18)6-10-23(14-17)16-5-1-2-8-21-16;2*3-2(4,5)1(6)7/h1-5,8,11H,6-7,9-10,12-14H2;2*(H,6,7). The normalized spacial score (nSPS) is 21.2. The first kappa shape index (κ1) is 31.2. The first-order chi connectivity index (χ1) is 17.5. The Kier molecular flexibility index (Phi) is 10.0. The first-order valence-corrected chi connectivity index (χ1v) is 11.7. The number of hydrogen-bond acceptors (Lipinski definition) is 6. The summed E-state index contributed by atoms with van der Waals surface area (Å²) in [5, 5.41) is 16.3. The topological polar surface area (TPSA) is 94.0 Å². The number of pyridine rings is 1. The lowest BCUT2D eigenvalue weighted by atomic mass is 9.75. The fourth-order valence-electron chi connectivity index (χ4n) is 3.98. The van der Waals surface area contributed by atoms with Crippen LogP contribution in [0.2, 0.25) is 0 Å². The lowest BCUT2D eigenvalue weighted by molar-refractivity contribution is -0.193. The zero-order valence-corrected chi connectivity index (χ0v) is 20.3. The summed E-state index contributed by atoms with van der Waals surface area (Å²) in [6, 6.07) is 9.78. The highest BCUT2D eigenvalue weighted by Crippen LogP contribution is 2.50. The zero-order chi connectivity index (χ0) is 28.8. The number of nitrogens with zero attached hydrogens (tertiary/aromatic N) is 3. The van der Waals surface area contributed by atoms with Crippen LogP contribution < -0.4 is 4.90 Å². The highest BCUT2D eigenvalue weighted by Gasteiger charge is 2.59. The van der Waals surface area contributed by atoms with Gasteiger partial charge in [0.2, 0.25) is 0 Å². The number of carbonyl (C=O) groups is 2. The van der Waals surface area contributed by atoms with Gasteiger partial charge in [0.05, 0.1) is 5.41 Å². The molecule has 1 spiro atoms. The predicted octanol–water partition coefficient (Wildman–Crippen LogP) is 5.15. The third-order valence-electron chi connectivity index (χ3n) is 5.82. The van der Waals surface area contributed by atoms with Gasteiger partial charge in [0, 0.05) is 50.2 Å². The summed E-state index contributed by atoms with van der Waals surface area (Å²) in [6.07, 6.45) is -7.96. The third-order valence-corrected chi connectivity index (χ3v) is 6.68. The van der Waals surface area contributed by atoms with E-state index in [9.17, 15) is 35.1 Å². The van der Waals surface area contributed by atoms with Crippen molar-refractivity contribution in [3.05, 3.63) is 46.8 Å². The molecule has 0 saturated carbocycles. The van der Waals surface area contributed by atoms with Crippen LogP contribution in [0.15, 0.2) is 41.9 Å². The molecular weight excluding hydrogens is 554 g/mol. The van der Waals surface area contributed by atoms with Crippen molar-refractivity contribution in [2.24, 2.45) is 5.41 Å². The van der Waals surface area contributed by atoms with E-state index in [0.717, 1.165) is 12.4 Å². The highest BCUT2D eigenvalue weighted by atomic mass is 32.1. The van der Waals surface area contributed by atoms with Gasteiger partial charge in [-0.3, -0.25) is 4.90 Å². The van der Waals surface area contributed by atoms with Crippen molar-refractivity contribution >= 4 is 29.1 Å². The second kappa shape index (κ2) is 12.2. The molecule has 0 amide bonds. The molecule has 2 saturated heterocycles. The molecule has 4 rings (SSSR count). The summed E-state index contributed by atoms with van der Waals surface area (Å²) in [5.74, 6) is -7.32. The maximum Gasteiger partial charge on any atom is 0.490 e. The number of aliphatic carboxylic acids is 2. The molecule has 1 atom stereocenters. The van der Waals surface area contributed by atoms with Crippen LogP contribution in [0, 0.1) is 5.41 Å². The van der Waals surface area contributed by atoms with Crippen LogP contribution >= 0.6 is 11.3 Å². The minimum atomic E-state index is -5.08. The molecule has 4 heterocycles. The Balaban J connectivity index is 0.000000301. The first-order valence-electron chi connectivity index (χ1n) is 10.9. The number of alkyl halides is 8. The van der Waals surface area contributed by atoms with Gasteiger partial charge in [0.15, 0.2) is 0 Å². The molecule has 2 aliphatic heterocycles. The van der Waals surface area contributed by atoms with Crippen LogP contribution in [-0.4, -0.2) is 76.5 Å². The van der Waals surface area contributed by atoms with Gasteiger partial charge in [-0.1, -0.05) is 12.1 Å².